The Balaban J connectivity index is 1.61. The van der Waals surface area contributed by atoms with Crippen molar-refractivity contribution in [2.75, 3.05) is 11.1 Å². The van der Waals surface area contributed by atoms with Gasteiger partial charge in [0.1, 0.15) is 28.6 Å². The molecule has 0 radical (unpaired) electrons. The number of rotatable bonds is 4. The molecule has 34 heavy (non-hydrogen) atoms. The number of aryl methyl sites for hydroxylation is 1. The van der Waals surface area contributed by atoms with E-state index in [1.807, 2.05) is 10.6 Å². The Morgan fingerprint density at radius 1 is 1.18 bits per heavy atom. The van der Waals surface area contributed by atoms with Crippen molar-refractivity contribution in [3.8, 4) is 11.5 Å². The van der Waals surface area contributed by atoms with Crippen LogP contribution in [0.15, 0.2) is 36.9 Å². The highest BCUT2D eigenvalue weighted by molar-refractivity contribution is 6.08. The number of imidazole rings is 1. The first-order valence-corrected chi connectivity index (χ1v) is 11.0. The number of nitrogens with two attached hydrogens (primary N) is 1. The van der Waals surface area contributed by atoms with Crippen molar-refractivity contribution in [3.63, 3.8) is 0 Å². The van der Waals surface area contributed by atoms with E-state index in [-0.39, 0.29) is 28.6 Å². The molecule has 1 amide bonds. The molecule has 1 unspecified atom stereocenters. The number of halogens is 1. The van der Waals surface area contributed by atoms with E-state index >= 15 is 0 Å². The third-order valence-electron chi connectivity index (χ3n) is 6.14. The molecule has 5 heterocycles. The van der Waals surface area contributed by atoms with Crippen LogP contribution in [-0.2, 0) is 16.6 Å². The van der Waals surface area contributed by atoms with Crippen LogP contribution in [0.4, 0.5) is 16.0 Å². The minimum atomic E-state index is -1.32. The molecular weight excluding hydrogens is 435 g/mol. The number of fused-ring (bicyclic) bond motifs is 2. The van der Waals surface area contributed by atoms with Gasteiger partial charge >= 0.3 is 0 Å². The molecule has 0 bridgehead atoms. The summed E-state index contributed by atoms with van der Waals surface area (Å²) in [5.74, 6) is -0.243. The average molecular weight is 461 g/mol. The number of pyridine rings is 1. The molecule has 0 aromatic carbocycles. The summed E-state index contributed by atoms with van der Waals surface area (Å²) in [6.45, 7) is 8.17. The fourth-order valence-corrected chi connectivity index (χ4v) is 4.21. The Kier molecular flexibility index (Phi) is 4.85. The van der Waals surface area contributed by atoms with E-state index in [9.17, 15) is 9.18 Å². The monoisotopic (exact) mass is 460 g/mol. The molecule has 5 rings (SSSR count). The van der Waals surface area contributed by atoms with Crippen LogP contribution in [0.25, 0.3) is 17.2 Å². The zero-order valence-corrected chi connectivity index (χ0v) is 19.4. The smallest absolute Gasteiger partial charge is 0.242 e. The molecule has 10 heteroatoms. The first-order chi connectivity index (χ1) is 16.1. The van der Waals surface area contributed by atoms with Crippen LogP contribution in [0, 0.1) is 11.2 Å². The standard InChI is InChI=1S/C24H25FN8O/c1-23(2,3)7-5-14-21-28-9-10-33(21)12-15(29-14)19-30-18(26)17-20(31-19)32-22(34)24(17,4)16-11-13(25)6-8-27-16/h6,8-12H,5,7H2,1-4H3,(H3,26,30,31,32,34). The molecule has 4 aromatic rings. The predicted octanol–water partition coefficient (Wildman–Crippen LogP) is 3.54. The molecule has 9 nitrogen and oxygen atoms in total. The van der Waals surface area contributed by atoms with Crippen LogP contribution in [-0.4, -0.2) is 35.2 Å². The molecule has 4 aromatic heterocycles. The SMILES string of the molecule is CC(C)(C)CCc1nc(-c2nc(N)c3c(n2)NC(=O)C3(C)c2cc(F)ccn2)cn2ccnc12. The number of carbonyl (C=O) groups is 1. The van der Waals surface area contributed by atoms with Crippen LogP contribution < -0.4 is 11.1 Å². The first-order valence-electron chi connectivity index (χ1n) is 11.0. The van der Waals surface area contributed by atoms with Gasteiger partial charge < -0.3 is 15.5 Å². The number of nitrogens with zero attached hydrogens (tertiary/aromatic N) is 6. The van der Waals surface area contributed by atoms with Crippen LogP contribution in [0.1, 0.15) is 51.1 Å². The fraction of sp³-hybridized carbons (Fsp3) is 0.333. The van der Waals surface area contributed by atoms with Crippen LogP contribution in [0.3, 0.4) is 0 Å². The normalized spacial score (nSPS) is 17.7. The number of carbonyl (C=O) groups excluding carboxylic acids is 1. The molecule has 0 spiro atoms. The number of hydrogen-bond donors (Lipinski definition) is 2. The molecular formula is C24H25FN8O. The zero-order chi connectivity index (χ0) is 24.3. The topological polar surface area (TPSA) is 124 Å². The summed E-state index contributed by atoms with van der Waals surface area (Å²) in [6.07, 6.45) is 8.32. The summed E-state index contributed by atoms with van der Waals surface area (Å²) in [5, 5.41) is 2.77. The second kappa shape index (κ2) is 7.54. The van der Waals surface area contributed by atoms with Gasteiger partial charge in [-0.1, -0.05) is 20.8 Å². The van der Waals surface area contributed by atoms with Gasteiger partial charge in [0.05, 0.1) is 17.0 Å². The first kappa shape index (κ1) is 21.9. The molecule has 174 valence electrons. The van der Waals surface area contributed by atoms with E-state index in [1.54, 1.807) is 19.3 Å². The third kappa shape index (κ3) is 3.55. The van der Waals surface area contributed by atoms with Crippen molar-refractivity contribution in [2.45, 2.75) is 46.0 Å². The molecule has 3 N–H and O–H groups in total. The van der Waals surface area contributed by atoms with Crippen LogP contribution in [0.2, 0.25) is 0 Å². The summed E-state index contributed by atoms with van der Waals surface area (Å²) >= 11 is 0. The summed E-state index contributed by atoms with van der Waals surface area (Å²) in [7, 11) is 0. The molecule has 0 aliphatic carbocycles. The summed E-state index contributed by atoms with van der Waals surface area (Å²) in [6, 6.07) is 2.44. The largest absolute Gasteiger partial charge is 0.383 e. The van der Waals surface area contributed by atoms with Crippen molar-refractivity contribution < 1.29 is 9.18 Å². The number of anilines is 2. The number of aromatic nitrogens is 6. The van der Waals surface area contributed by atoms with Crippen molar-refractivity contribution >= 4 is 23.2 Å². The molecule has 0 saturated heterocycles. The van der Waals surface area contributed by atoms with Gasteiger partial charge in [-0.25, -0.2) is 24.3 Å². The minimum absolute atomic E-state index is 0.107. The number of amides is 1. The number of nitrogens with one attached hydrogen (secondary N) is 1. The van der Waals surface area contributed by atoms with Gasteiger partial charge in [0, 0.05) is 24.8 Å². The van der Waals surface area contributed by atoms with E-state index in [0.29, 0.717) is 11.3 Å². The lowest BCUT2D eigenvalue weighted by atomic mass is 9.81. The average Bonchev–Trinajstić information content (AvgIpc) is 3.34. The van der Waals surface area contributed by atoms with Crippen molar-refractivity contribution in [3.05, 3.63) is 59.7 Å². The minimum Gasteiger partial charge on any atom is -0.383 e. The van der Waals surface area contributed by atoms with Gasteiger partial charge in [0.25, 0.3) is 0 Å². The molecule has 0 fully saturated rings. The van der Waals surface area contributed by atoms with Crippen molar-refractivity contribution in [1.82, 2.24) is 29.3 Å². The van der Waals surface area contributed by atoms with Crippen molar-refractivity contribution in [2.24, 2.45) is 5.41 Å². The maximum Gasteiger partial charge on any atom is 0.242 e. The predicted molar refractivity (Wildman–Crippen MR) is 125 cm³/mol. The summed E-state index contributed by atoms with van der Waals surface area (Å²) in [4.78, 5) is 35.5. The van der Waals surface area contributed by atoms with Gasteiger partial charge in [-0.2, -0.15) is 0 Å². The molecule has 1 aliphatic heterocycles. The lowest BCUT2D eigenvalue weighted by Crippen LogP contribution is -2.34. The maximum absolute atomic E-state index is 13.9. The summed E-state index contributed by atoms with van der Waals surface area (Å²) in [5.41, 5.74) is 7.89. The third-order valence-corrected chi connectivity index (χ3v) is 6.14. The van der Waals surface area contributed by atoms with Gasteiger partial charge in [0.2, 0.25) is 5.91 Å². The maximum atomic E-state index is 13.9. The Morgan fingerprint density at radius 2 is 1.97 bits per heavy atom. The van der Waals surface area contributed by atoms with E-state index < -0.39 is 17.1 Å². The Bertz CT molecular complexity index is 1440. The Morgan fingerprint density at radius 3 is 2.71 bits per heavy atom. The van der Waals surface area contributed by atoms with Crippen molar-refractivity contribution in [1.29, 1.82) is 0 Å². The highest BCUT2D eigenvalue weighted by Crippen LogP contribution is 2.44. The second-order valence-electron chi connectivity index (χ2n) is 9.89. The summed E-state index contributed by atoms with van der Waals surface area (Å²) < 4.78 is 15.8. The van der Waals surface area contributed by atoms with E-state index in [2.05, 4.69) is 46.0 Å². The van der Waals surface area contributed by atoms with E-state index in [1.165, 1.54) is 18.3 Å². The second-order valence-corrected chi connectivity index (χ2v) is 9.89. The van der Waals surface area contributed by atoms with Gasteiger partial charge in [0.15, 0.2) is 11.5 Å². The Hall–Kier alpha value is -3.95. The van der Waals surface area contributed by atoms with Gasteiger partial charge in [-0.05, 0) is 37.3 Å². The van der Waals surface area contributed by atoms with Crippen LogP contribution >= 0.6 is 0 Å². The fourth-order valence-electron chi connectivity index (χ4n) is 4.21. The van der Waals surface area contributed by atoms with Gasteiger partial charge in [-0.3, -0.25) is 9.78 Å². The van der Waals surface area contributed by atoms with Gasteiger partial charge in [-0.15, -0.1) is 0 Å². The number of nitrogen functional groups attached to an aromatic ring is 1. The van der Waals surface area contributed by atoms with E-state index in [0.717, 1.165) is 24.2 Å². The lowest BCUT2D eigenvalue weighted by molar-refractivity contribution is -0.119. The number of hydrogen-bond acceptors (Lipinski definition) is 7. The van der Waals surface area contributed by atoms with E-state index in [4.69, 9.17) is 10.7 Å². The highest BCUT2D eigenvalue weighted by Gasteiger charge is 2.48. The Labute approximate surface area is 195 Å². The highest BCUT2D eigenvalue weighted by atomic mass is 19.1. The molecule has 0 saturated carbocycles. The molecule has 1 aliphatic rings. The van der Waals surface area contributed by atoms with Crippen LogP contribution in [0.5, 0.6) is 0 Å². The zero-order valence-electron chi connectivity index (χ0n) is 19.4. The molecule has 1 atom stereocenters. The lowest BCUT2D eigenvalue weighted by Gasteiger charge is -2.22. The quantitative estimate of drug-likeness (QED) is 0.477.